The van der Waals surface area contributed by atoms with Crippen LogP contribution < -0.4 is 0 Å². The highest BCUT2D eigenvalue weighted by molar-refractivity contribution is 6.12. The van der Waals surface area contributed by atoms with Crippen molar-refractivity contribution < 1.29 is 18.7 Å². The Bertz CT molecular complexity index is 454. The molecule has 0 radical (unpaired) electrons. The Balaban J connectivity index is 2.31. The van der Waals surface area contributed by atoms with E-state index in [1.807, 2.05) is 0 Å². The van der Waals surface area contributed by atoms with Gasteiger partial charge in [-0.2, -0.15) is 0 Å². The van der Waals surface area contributed by atoms with Crippen LogP contribution in [0.3, 0.4) is 0 Å². The molecule has 0 aromatic heterocycles. The second-order valence-corrected chi connectivity index (χ2v) is 3.64. The molecule has 0 saturated carbocycles. The zero-order valence-electron chi connectivity index (χ0n) is 8.83. The molecule has 1 atom stereocenters. The molecule has 0 bridgehead atoms. The number of carbonyl (C=O) groups is 2. The highest BCUT2D eigenvalue weighted by Gasteiger charge is 2.38. The molecule has 0 heterocycles. The summed E-state index contributed by atoms with van der Waals surface area (Å²) in [7, 11) is 0. The van der Waals surface area contributed by atoms with Crippen molar-refractivity contribution in [1.29, 1.82) is 0 Å². The van der Waals surface area contributed by atoms with Crippen molar-refractivity contribution in [2.45, 2.75) is 13.3 Å². The van der Waals surface area contributed by atoms with Crippen LogP contribution in [0, 0.1) is 11.7 Å². The number of rotatable bonds is 2. The first-order chi connectivity index (χ1) is 7.65. The van der Waals surface area contributed by atoms with Gasteiger partial charge in [-0.1, -0.05) is 12.1 Å². The van der Waals surface area contributed by atoms with Crippen LogP contribution in [-0.4, -0.2) is 18.4 Å². The van der Waals surface area contributed by atoms with Crippen molar-refractivity contribution in [3.8, 4) is 0 Å². The van der Waals surface area contributed by atoms with E-state index >= 15 is 0 Å². The van der Waals surface area contributed by atoms with Gasteiger partial charge in [0.2, 0.25) is 0 Å². The number of hydrogen-bond donors (Lipinski definition) is 0. The van der Waals surface area contributed by atoms with Crippen molar-refractivity contribution in [1.82, 2.24) is 0 Å². The molecule has 1 aliphatic carbocycles. The van der Waals surface area contributed by atoms with E-state index in [0.29, 0.717) is 11.1 Å². The molecule has 4 heteroatoms. The van der Waals surface area contributed by atoms with E-state index in [4.69, 9.17) is 4.74 Å². The highest BCUT2D eigenvalue weighted by Crippen LogP contribution is 2.29. The fourth-order valence-corrected chi connectivity index (χ4v) is 1.91. The third kappa shape index (κ3) is 1.60. The molecule has 84 valence electrons. The number of ether oxygens (including phenoxy) is 1. The Morgan fingerprint density at radius 2 is 2.31 bits per heavy atom. The predicted octanol–water partition coefficient (Wildman–Crippen LogP) is 1.74. The minimum Gasteiger partial charge on any atom is -0.465 e. The van der Waals surface area contributed by atoms with Crippen molar-refractivity contribution in [2.75, 3.05) is 6.61 Å². The molecule has 0 N–H and O–H groups in total. The molecular weight excluding hydrogens is 211 g/mol. The van der Waals surface area contributed by atoms with E-state index in [0.717, 1.165) is 0 Å². The Kier molecular flexibility index (Phi) is 2.73. The third-order valence-corrected chi connectivity index (χ3v) is 2.68. The highest BCUT2D eigenvalue weighted by atomic mass is 19.1. The number of carbonyl (C=O) groups excluding carboxylic acids is 2. The fourth-order valence-electron chi connectivity index (χ4n) is 1.91. The monoisotopic (exact) mass is 222 g/mol. The number of hydrogen-bond acceptors (Lipinski definition) is 3. The van der Waals surface area contributed by atoms with Crippen LogP contribution >= 0.6 is 0 Å². The van der Waals surface area contributed by atoms with E-state index < -0.39 is 17.7 Å². The maximum Gasteiger partial charge on any atom is 0.317 e. The Morgan fingerprint density at radius 3 is 2.94 bits per heavy atom. The number of halogens is 1. The molecule has 0 amide bonds. The van der Waals surface area contributed by atoms with Gasteiger partial charge in [0, 0.05) is 5.56 Å². The van der Waals surface area contributed by atoms with Crippen molar-refractivity contribution in [3.63, 3.8) is 0 Å². The maximum absolute atomic E-state index is 13.4. The number of benzene rings is 1. The minimum absolute atomic E-state index is 0.111. The second kappa shape index (κ2) is 4.04. The standard InChI is InChI=1S/C12H11FO3/c1-2-16-12(15)9-6-8-7(11(9)14)4-3-5-10(8)13/h3-5,9H,2,6H2,1H3. The van der Waals surface area contributed by atoms with Gasteiger partial charge in [-0.05, 0) is 25.0 Å². The van der Waals surface area contributed by atoms with Crippen LogP contribution in [0.5, 0.6) is 0 Å². The van der Waals surface area contributed by atoms with Crippen molar-refractivity contribution >= 4 is 11.8 Å². The van der Waals surface area contributed by atoms with Crippen LogP contribution in [0.1, 0.15) is 22.8 Å². The van der Waals surface area contributed by atoms with Gasteiger partial charge in [0.05, 0.1) is 6.61 Å². The first kappa shape index (κ1) is 10.8. The van der Waals surface area contributed by atoms with Crippen LogP contribution in [0.4, 0.5) is 4.39 Å². The van der Waals surface area contributed by atoms with Crippen molar-refractivity contribution in [3.05, 3.63) is 35.1 Å². The van der Waals surface area contributed by atoms with Crippen LogP contribution in [0.2, 0.25) is 0 Å². The number of esters is 1. The summed E-state index contributed by atoms with van der Waals surface area (Å²) >= 11 is 0. The summed E-state index contributed by atoms with van der Waals surface area (Å²) in [5, 5.41) is 0. The second-order valence-electron chi connectivity index (χ2n) is 3.64. The molecule has 1 unspecified atom stereocenters. The lowest BCUT2D eigenvalue weighted by Crippen LogP contribution is -2.23. The first-order valence-electron chi connectivity index (χ1n) is 5.13. The summed E-state index contributed by atoms with van der Waals surface area (Å²) in [6.07, 6.45) is 0.111. The van der Waals surface area contributed by atoms with Crippen molar-refractivity contribution in [2.24, 2.45) is 5.92 Å². The average Bonchev–Trinajstić information content (AvgIpc) is 2.59. The Morgan fingerprint density at radius 1 is 1.56 bits per heavy atom. The molecule has 1 aromatic rings. The molecule has 16 heavy (non-hydrogen) atoms. The van der Waals surface area contributed by atoms with Gasteiger partial charge in [-0.3, -0.25) is 9.59 Å². The zero-order chi connectivity index (χ0) is 11.7. The minimum atomic E-state index is -0.869. The van der Waals surface area contributed by atoms with Gasteiger partial charge >= 0.3 is 5.97 Å². The Hall–Kier alpha value is -1.71. The summed E-state index contributed by atoms with van der Waals surface area (Å²) in [5.41, 5.74) is 0.628. The van der Waals surface area contributed by atoms with E-state index in [2.05, 4.69) is 0 Å². The first-order valence-corrected chi connectivity index (χ1v) is 5.13. The van der Waals surface area contributed by atoms with E-state index in [9.17, 15) is 14.0 Å². The quantitative estimate of drug-likeness (QED) is 0.565. The SMILES string of the molecule is CCOC(=O)C1Cc2c(F)cccc2C1=O. The molecule has 3 nitrogen and oxygen atoms in total. The molecule has 0 fully saturated rings. The third-order valence-electron chi connectivity index (χ3n) is 2.68. The predicted molar refractivity (Wildman–Crippen MR) is 54.6 cm³/mol. The zero-order valence-corrected chi connectivity index (χ0v) is 8.83. The summed E-state index contributed by atoms with van der Waals surface area (Å²) in [4.78, 5) is 23.3. The van der Waals surface area contributed by atoms with Gasteiger partial charge in [0.1, 0.15) is 11.7 Å². The van der Waals surface area contributed by atoms with Gasteiger partial charge in [-0.15, -0.1) is 0 Å². The molecule has 1 aliphatic rings. The van der Waals surface area contributed by atoms with Crippen LogP contribution in [0.15, 0.2) is 18.2 Å². The number of ketones is 1. The summed E-state index contributed by atoms with van der Waals surface area (Å²) in [6.45, 7) is 1.90. The Labute approximate surface area is 92.2 Å². The molecular formula is C12H11FO3. The topological polar surface area (TPSA) is 43.4 Å². The van der Waals surface area contributed by atoms with Crippen LogP contribution in [0.25, 0.3) is 0 Å². The lowest BCUT2D eigenvalue weighted by atomic mass is 10.1. The molecule has 1 aromatic carbocycles. The van der Waals surface area contributed by atoms with E-state index in [1.165, 1.54) is 12.1 Å². The number of Topliss-reactive ketones (excluding diaryl/α,β-unsaturated/α-hetero) is 1. The van der Waals surface area contributed by atoms with Gasteiger partial charge in [-0.25, -0.2) is 4.39 Å². The molecule has 0 aliphatic heterocycles. The lowest BCUT2D eigenvalue weighted by Gasteiger charge is -2.06. The van der Waals surface area contributed by atoms with Gasteiger partial charge in [0.15, 0.2) is 5.78 Å². The summed E-state index contributed by atoms with van der Waals surface area (Å²) in [6, 6.07) is 4.30. The number of fused-ring (bicyclic) bond motifs is 1. The maximum atomic E-state index is 13.4. The van der Waals surface area contributed by atoms with Crippen LogP contribution in [-0.2, 0) is 16.0 Å². The van der Waals surface area contributed by atoms with E-state index in [-0.39, 0.29) is 18.8 Å². The van der Waals surface area contributed by atoms with Gasteiger partial charge < -0.3 is 4.74 Å². The molecule has 0 saturated heterocycles. The smallest absolute Gasteiger partial charge is 0.317 e. The summed E-state index contributed by atoms with van der Waals surface area (Å²) in [5.74, 6) is -2.21. The molecule has 0 spiro atoms. The van der Waals surface area contributed by atoms with E-state index in [1.54, 1.807) is 13.0 Å². The lowest BCUT2D eigenvalue weighted by molar-refractivity contribution is -0.145. The van der Waals surface area contributed by atoms with Gasteiger partial charge in [0.25, 0.3) is 0 Å². The summed E-state index contributed by atoms with van der Waals surface area (Å²) < 4.78 is 18.2. The normalized spacial score (nSPS) is 18.4. The average molecular weight is 222 g/mol. The molecule has 2 rings (SSSR count). The largest absolute Gasteiger partial charge is 0.465 e. The fraction of sp³-hybridized carbons (Fsp3) is 0.333.